The number of carbonyl (C=O) groups excluding carboxylic acids is 2. The Bertz CT molecular complexity index is 1630. The molecule has 2 amide bonds. The van der Waals surface area contributed by atoms with Gasteiger partial charge in [0.1, 0.15) is 12.6 Å². The third-order valence-electron chi connectivity index (χ3n) is 7.03. The molecule has 7 nitrogen and oxygen atoms in total. The van der Waals surface area contributed by atoms with Gasteiger partial charge in [-0.15, -0.1) is 0 Å². The van der Waals surface area contributed by atoms with Crippen molar-refractivity contribution in [2.75, 3.05) is 17.9 Å². The standard InChI is InChI=1S/C33H34BrN3O4S/c1-24-14-15-25(2)30(20-24)37(42(40,41)29-12-8-5-9-13-29)23-32(38)36(22-27-16-18-28(34)19-17-27)31(33(39)35-3)21-26-10-6-4-7-11-26/h4-20,31H,21-23H2,1-3H3,(H,35,39)/t31-/m1/s1. The van der Waals surface area contributed by atoms with E-state index in [4.69, 9.17) is 0 Å². The summed E-state index contributed by atoms with van der Waals surface area (Å²) in [6, 6.07) is 29.6. The van der Waals surface area contributed by atoms with Gasteiger partial charge < -0.3 is 10.2 Å². The summed E-state index contributed by atoms with van der Waals surface area (Å²) < 4.78 is 30.2. The lowest BCUT2D eigenvalue weighted by Crippen LogP contribution is -2.53. The normalized spacial score (nSPS) is 11.9. The summed E-state index contributed by atoms with van der Waals surface area (Å²) in [5, 5.41) is 2.70. The van der Waals surface area contributed by atoms with Crippen LogP contribution in [0.15, 0.2) is 112 Å². The minimum absolute atomic E-state index is 0.0744. The van der Waals surface area contributed by atoms with Crippen LogP contribution >= 0.6 is 15.9 Å². The minimum Gasteiger partial charge on any atom is -0.357 e. The fourth-order valence-corrected chi connectivity index (χ4v) is 6.48. The number of anilines is 1. The molecule has 9 heteroatoms. The van der Waals surface area contributed by atoms with Crippen LogP contribution in [-0.2, 0) is 32.6 Å². The van der Waals surface area contributed by atoms with Gasteiger partial charge in [0.05, 0.1) is 10.6 Å². The number of benzene rings is 4. The average molecular weight is 649 g/mol. The highest BCUT2D eigenvalue weighted by Gasteiger charge is 2.34. The number of likely N-dealkylation sites (N-methyl/N-ethyl adjacent to an activating group) is 1. The number of amides is 2. The molecule has 4 aromatic carbocycles. The first-order valence-corrected chi connectivity index (χ1v) is 15.8. The Hall–Kier alpha value is -3.95. The molecule has 0 aliphatic heterocycles. The molecule has 4 rings (SSSR count). The lowest BCUT2D eigenvalue weighted by atomic mass is 10.0. The van der Waals surface area contributed by atoms with Crippen molar-refractivity contribution in [2.45, 2.75) is 37.8 Å². The van der Waals surface area contributed by atoms with Gasteiger partial charge >= 0.3 is 0 Å². The molecule has 1 N–H and O–H groups in total. The van der Waals surface area contributed by atoms with Gasteiger partial charge in [-0.25, -0.2) is 8.42 Å². The van der Waals surface area contributed by atoms with Crippen LogP contribution in [0.5, 0.6) is 0 Å². The van der Waals surface area contributed by atoms with Crippen LogP contribution in [0.25, 0.3) is 0 Å². The van der Waals surface area contributed by atoms with E-state index in [-0.39, 0.29) is 23.8 Å². The Labute approximate surface area is 256 Å². The maximum atomic E-state index is 14.4. The van der Waals surface area contributed by atoms with Crippen LogP contribution < -0.4 is 9.62 Å². The van der Waals surface area contributed by atoms with Crippen molar-refractivity contribution in [2.24, 2.45) is 0 Å². The molecule has 0 unspecified atom stereocenters. The van der Waals surface area contributed by atoms with Gasteiger partial charge in [-0.3, -0.25) is 13.9 Å². The third kappa shape index (κ3) is 7.46. The summed E-state index contributed by atoms with van der Waals surface area (Å²) in [6.07, 6.45) is 0.262. The second-order valence-electron chi connectivity index (χ2n) is 10.1. The van der Waals surface area contributed by atoms with Crippen LogP contribution in [0, 0.1) is 13.8 Å². The number of nitrogens with one attached hydrogen (secondary N) is 1. The molecule has 0 fully saturated rings. The van der Waals surface area contributed by atoms with Gasteiger partial charge in [0.25, 0.3) is 10.0 Å². The van der Waals surface area contributed by atoms with Crippen molar-refractivity contribution in [3.05, 3.63) is 130 Å². The molecule has 218 valence electrons. The number of hydrogen-bond donors (Lipinski definition) is 1. The Morgan fingerprint density at radius 2 is 1.45 bits per heavy atom. The second kappa shape index (κ2) is 13.8. The average Bonchev–Trinajstić information content (AvgIpc) is 3.00. The SMILES string of the molecule is CNC(=O)[C@@H](Cc1ccccc1)N(Cc1ccc(Br)cc1)C(=O)CN(c1cc(C)ccc1C)S(=O)(=O)c1ccccc1. The highest BCUT2D eigenvalue weighted by Crippen LogP contribution is 2.29. The monoisotopic (exact) mass is 647 g/mol. The van der Waals surface area contributed by atoms with Gasteiger partial charge in [0, 0.05) is 24.5 Å². The van der Waals surface area contributed by atoms with E-state index in [1.54, 1.807) is 24.3 Å². The number of rotatable bonds is 11. The highest BCUT2D eigenvalue weighted by atomic mass is 79.9. The molecule has 4 aromatic rings. The van der Waals surface area contributed by atoms with E-state index >= 15 is 0 Å². The number of aryl methyl sites for hydroxylation is 2. The number of hydrogen-bond acceptors (Lipinski definition) is 4. The van der Waals surface area contributed by atoms with Crippen molar-refractivity contribution in [3.63, 3.8) is 0 Å². The molecule has 0 aromatic heterocycles. The predicted octanol–water partition coefficient (Wildman–Crippen LogP) is 5.65. The zero-order valence-electron chi connectivity index (χ0n) is 23.8. The molecule has 42 heavy (non-hydrogen) atoms. The molecule has 0 aliphatic carbocycles. The number of halogens is 1. The van der Waals surface area contributed by atoms with Crippen LogP contribution in [0.1, 0.15) is 22.3 Å². The maximum Gasteiger partial charge on any atom is 0.264 e. The van der Waals surface area contributed by atoms with Gasteiger partial charge in [0.15, 0.2) is 0 Å². The third-order valence-corrected chi connectivity index (χ3v) is 9.33. The van der Waals surface area contributed by atoms with Gasteiger partial charge in [-0.1, -0.05) is 88.7 Å². The van der Waals surface area contributed by atoms with Crippen LogP contribution in [-0.4, -0.2) is 44.8 Å². The summed E-state index contributed by atoms with van der Waals surface area (Å²) in [6.45, 7) is 3.32. The molecule has 0 bridgehead atoms. The van der Waals surface area contributed by atoms with Crippen molar-refractivity contribution >= 4 is 43.5 Å². The fourth-order valence-electron chi connectivity index (χ4n) is 4.73. The summed E-state index contributed by atoms with van der Waals surface area (Å²) >= 11 is 3.45. The Kier molecular flexibility index (Phi) is 10.2. The first kappa shape index (κ1) is 31.0. The summed E-state index contributed by atoms with van der Waals surface area (Å²) in [5.74, 6) is -0.837. The molecule has 0 aliphatic rings. The van der Waals surface area contributed by atoms with Crippen molar-refractivity contribution in [1.29, 1.82) is 0 Å². The van der Waals surface area contributed by atoms with E-state index in [9.17, 15) is 18.0 Å². The Morgan fingerprint density at radius 3 is 2.07 bits per heavy atom. The fraction of sp³-hybridized carbons (Fsp3) is 0.212. The van der Waals surface area contributed by atoms with E-state index in [1.165, 1.54) is 24.1 Å². The zero-order valence-corrected chi connectivity index (χ0v) is 26.2. The second-order valence-corrected chi connectivity index (χ2v) is 12.9. The first-order valence-electron chi connectivity index (χ1n) is 13.5. The van der Waals surface area contributed by atoms with E-state index in [0.29, 0.717) is 11.3 Å². The highest BCUT2D eigenvalue weighted by molar-refractivity contribution is 9.10. The molecule has 0 saturated carbocycles. The molecule has 1 atom stereocenters. The topological polar surface area (TPSA) is 86.8 Å². The Balaban J connectivity index is 1.81. The van der Waals surface area contributed by atoms with Crippen molar-refractivity contribution < 1.29 is 18.0 Å². The summed E-state index contributed by atoms with van der Waals surface area (Å²) in [5.41, 5.74) is 3.66. The van der Waals surface area contributed by atoms with Crippen LogP contribution in [0.2, 0.25) is 0 Å². The smallest absolute Gasteiger partial charge is 0.264 e. The number of nitrogens with zero attached hydrogens (tertiary/aromatic N) is 2. The van der Waals surface area contributed by atoms with Gasteiger partial charge in [0.2, 0.25) is 11.8 Å². The van der Waals surface area contributed by atoms with Crippen molar-refractivity contribution in [1.82, 2.24) is 10.2 Å². The predicted molar refractivity (Wildman–Crippen MR) is 170 cm³/mol. The first-order chi connectivity index (χ1) is 20.1. The van der Waals surface area contributed by atoms with E-state index in [1.807, 2.05) is 80.6 Å². The molecule has 0 radical (unpaired) electrons. The number of carbonyl (C=O) groups is 2. The minimum atomic E-state index is -4.13. The lowest BCUT2D eigenvalue weighted by molar-refractivity contribution is -0.139. The van der Waals surface area contributed by atoms with E-state index in [0.717, 1.165) is 25.5 Å². The summed E-state index contributed by atoms with van der Waals surface area (Å²) in [4.78, 5) is 29.2. The quantitative estimate of drug-likeness (QED) is 0.228. The van der Waals surface area contributed by atoms with E-state index < -0.39 is 28.5 Å². The van der Waals surface area contributed by atoms with E-state index in [2.05, 4.69) is 21.2 Å². The number of sulfonamides is 1. The van der Waals surface area contributed by atoms with Crippen molar-refractivity contribution in [3.8, 4) is 0 Å². The molecular weight excluding hydrogens is 614 g/mol. The summed E-state index contributed by atoms with van der Waals surface area (Å²) in [7, 11) is -2.60. The maximum absolute atomic E-state index is 14.4. The molecule has 0 spiro atoms. The van der Waals surface area contributed by atoms with Gasteiger partial charge in [-0.05, 0) is 66.4 Å². The molecular formula is C33H34BrN3O4S. The van der Waals surface area contributed by atoms with Crippen LogP contribution in [0.3, 0.4) is 0 Å². The lowest BCUT2D eigenvalue weighted by Gasteiger charge is -2.34. The van der Waals surface area contributed by atoms with Gasteiger partial charge in [-0.2, -0.15) is 0 Å². The largest absolute Gasteiger partial charge is 0.357 e. The van der Waals surface area contributed by atoms with Crippen LogP contribution in [0.4, 0.5) is 5.69 Å². The Morgan fingerprint density at radius 1 is 0.833 bits per heavy atom. The zero-order chi connectivity index (χ0) is 30.3. The molecule has 0 heterocycles. The molecule has 0 saturated heterocycles.